The van der Waals surface area contributed by atoms with Crippen LogP contribution in [0, 0.1) is 11.3 Å². The summed E-state index contributed by atoms with van der Waals surface area (Å²) in [6.45, 7) is 2.43. The van der Waals surface area contributed by atoms with E-state index in [0.29, 0.717) is 29.3 Å². The largest absolute Gasteiger partial charge is 0.494 e. The first kappa shape index (κ1) is 16.3. The summed E-state index contributed by atoms with van der Waals surface area (Å²) in [5, 5.41) is 14.7. The fraction of sp³-hybridized carbons (Fsp3) is 0.105. The molecule has 3 rings (SSSR count). The van der Waals surface area contributed by atoms with E-state index in [4.69, 9.17) is 4.74 Å². The first-order valence-corrected chi connectivity index (χ1v) is 7.73. The molecule has 124 valence electrons. The molecule has 0 saturated carbocycles. The van der Waals surface area contributed by atoms with E-state index in [9.17, 15) is 14.9 Å². The molecular weight excluding hydrogens is 318 g/mol. The predicted octanol–water partition coefficient (Wildman–Crippen LogP) is 2.95. The molecule has 1 aliphatic heterocycles. The van der Waals surface area contributed by atoms with Crippen LogP contribution in [0.5, 0.6) is 5.75 Å². The summed E-state index contributed by atoms with van der Waals surface area (Å²) in [4.78, 5) is 24.7. The molecule has 2 amide bonds. The van der Waals surface area contributed by atoms with Crippen LogP contribution >= 0.6 is 0 Å². The van der Waals surface area contributed by atoms with Gasteiger partial charge in [0.1, 0.15) is 17.4 Å². The molecule has 0 bridgehead atoms. The predicted molar refractivity (Wildman–Crippen MR) is 93.8 cm³/mol. The summed E-state index contributed by atoms with van der Waals surface area (Å²) >= 11 is 0. The molecular formula is C19H15N3O3. The van der Waals surface area contributed by atoms with Crippen molar-refractivity contribution in [3.63, 3.8) is 0 Å². The lowest BCUT2D eigenvalue weighted by Gasteiger charge is -2.08. The molecule has 0 saturated heterocycles. The van der Waals surface area contributed by atoms with Crippen molar-refractivity contribution in [2.24, 2.45) is 0 Å². The van der Waals surface area contributed by atoms with Gasteiger partial charge in [-0.25, -0.2) is 0 Å². The first-order valence-electron chi connectivity index (χ1n) is 7.73. The number of ether oxygens (including phenoxy) is 1. The number of hydrogen-bond acceptors (Lipinski definition) is 4. The van der Waals surface area contributed by atoms with Crippen LogP contribution in [0.1, 0.15) is 12.5 Å². The molecule has 1 aliphatic rings. The fourth-order valence-corrected chi connectivity index (χ4v) is 2.58. The van der Waals surface area contributed by atoms with Crippen LogP contribution in [0.2, 0.25) is 0 Å². The van der Waals surface area contributed by atoms with E-state index in [-0.39, 0.29) is 11.1 Å². The van der Waals surface area contributed by atoms with E-state index in [2.05, 4.69) is 10.6 Å². The van der Waals surface area contributed by atoms with E-state index in [0.717, 1.165) is 0 Å². The van der Waals surface area contributed by atoms with Crippen LogP contribution < -0.4 is 15.4 Å². The fourth-order valence-electron chi connectivity index (χ4n) is 2.58. The smallest absolute Gasteiger partial charge is 0.267 e. The number of carbonyl (C=O) groups excluding carboxylic acids is 2. The SMILES string of the molecule is CCOc1ccc(NC(=O)/C(C#N)=C2\C(=O)Nc3ccccc32)cc1. The maximum absolute atomic E-state index is 12.5. The monoisotopic (exact) mass is 333 g/mol. The second kappa shape index (κ2) is 6.89. The molecule has 0 radical (unpaired) electrons. The normalized spacial score (nSPS) is 14.2. The molecule has 0 aromatic heterocycles. The van der Waals surface area contributed by atoms with Crippen molar-refractivity contribution in [2.75, 3.05) is 17.2 Å². The quantitative estimate of drug-likeness (QED) is 0.665. The molecule has 6 nitrogen and oxygen atoms in total. The van der Waals surface area contributed by atoms with Gasteiger partial charge in [-0.2, -0.15) is 5.26 Å². The Kier molecular flexibility index (Phi) is 4.48. The molecule has 25 heavy (non-hydrogen) atoms. The number of para-hydroxylation sites is 1. The Hall–Kier alpha value is -3.59. The summed E-state index contributed by atoms with van der Waals surface area (Å²) in [5.41, 5.74) is 1.50. The lowest BCUT2D eigenvalue weighted by Crippen LogP contribution is -2.17. The topological polar surface area (TPSA) is 91.2 Å². The van der Waals surface area contributed by atoms with Gasteiger partial charge in [-0.3, -0.25) is 9.59 Å². The average Bonchev–Trinajstić information content (AvgIpc) is 2.94. The molecule has 2 aromatic rings. The number of nitrogens with one attached hydrogen (secondary N) is 2. The second-order valence-electron chi connectivity index (χ2n) is 5.27. The highest BCUT2D eigenvalue weighted by atomic mass is 16.5. The van der Waals surface area contributed by atoms with Crippen molar-refractivity contribution in [3.05, 3.63) is 59.7 Å². The molecule has 6 heteroatoms. The van der Waals surface area contributed by atoms with Gasteiger partial charge in [0, 0.05) is 16.9 Å². The van der Waals surface area contributed by atoms with Gasteiger partial charge in [-0.15, -0.1) is 0 Å². The molecule has 0 aliphatic carbocycles. The molecule has 0 unspecified atom stereocenters. The summed E-state index contributed by atoms with van der Waals surface area (Å²) in [7, 11) is 0. The third-order valence-electron chi connectivity index (χ3n) is 3.68. The Balaban J connectivity index is 1.90. The Morgan fingerprint density at radius 3 is 2.60 bits per heavy atom. The van der Waals surface area contributed by atoms with Crippen molar-refractivity contribution in [2.45, 2.75) is 6.92 Å². The Morgan fingerprint density at radius 1 is 1.20 bits per heavy atom. The third-order valence-corrected chi connectivity index (χ3v) is 3.68. The van der Waals surface area contributed by atoms with Crippen LogP contribution in [0.25, 0.3) is 5.57 Å². The van der Waals surface area contributed by atoms with Crippen molar-refractivity contribution in [1.82, 2.24) is 0 Å². The van der Waals surface area contributed by atoms with Crippen molar-refractivity contribution in [1.29, 1.82) is 5.26 Å². The maximum atomic E-state index is 12.5. The van der Waals surface area contributed by atoms with E-state index >= 15 is 0 Å². The minimum Gasteiger partial charge on any atom is -0.494 e. The van der Waals surface area contributed by atoms with Crippen molar-refractivity contribution < 1.29 is 14.3 Å². The summed E-state index contributed by atoms with van der Waals surface area (Å²) in [5.74, 6) is -0.406. The number of nitrogens with zero attached hydrogens (tertiary/aromatic N) is 1. The van der Waals surface area contributed by atoms with Crippen LogP contribution in [-0.4, -0.2) is 18.4 Å². The van der Waals surface area contributed by atoms with Crippen molar-refractivity contribution >= 4 is 28.8 Å². The molecule has 2 N–H and O–H groups in total. The number of benzene rings is 2. The van der Waals surface area contributed by atoms with Crippen molar-refractivity contribution in [3.8, 4) is 11.8 Å². The van der Waals surface area contributed by atoms with Gasteiger partial charge in [0.25, 0.3) is 11.8 Å². The molecule has 0 atom stereocenters. The van der Waals surface area contributed by atoms with E-state index < -0.39 is 11.8 Å². The number of rotatable bonds is 4. The number of fused-ring (bicyclic) bond motifs is 1. The summed E-state index contributed by atoms with van der Waals surface area (Å²) in [6, 6.07) is 15.6. The van der Waals surface area contributed by atoms with Gasteiger partial charge in [-0.1, -0.05) is 18.2 Å². The number of amides is 2. The molecule has 0 spiro atoms. The maximum Gasteiger partial charge on any atom is 0.267 e. The minimum atomic E-state index is -0.631. The second-order valence-corrected chi connectivity index (χ2v) is 5.27. The molecule has 0 fully saturated rings. The zero-order valence-corrected chi connectivity index (χ0v) is 13.5. The van der Waals surface area contributed by atoms with Gasteiger partial charge in [0.05, 0.1) is 12.2 Å². The van der Waals surface area contributed by atoms with Gasteiger partial charge in [0.2, 0.25) is 0 Å². The van der Waals surface area contributed by atoms with Gasteiger partial charge >= 0.3 is 0 Å². The van der Waals surface area contributed by atoms with Crippen LogP contribution in [0.3, 0.4) is 0 Å². The minimum absolute atomic E-state index is 0.0848. The van der Waals surface area contributed by atoms with Crippen LogP contribution in [0.15, 0.2) is 54.1 Å². The lowest BCUT2D eigenvalue weighted by atomic mass is 10.0. The van der Waals surface area contributed by atoms with Crippen LogP contribution in [0.4, 0.5) is 11.4 Å². The average molecular weight is 333 g/mol. The Labute approximate surface area is 144 Å². The standard InChI is InChI=1S/C19H15N3O3/c1-2-25-13-9-7-12(8-10-13)21-18(23)15(11-20)17-14-5-3-4-6-16(14)22-19(17)24/h3-10H,2H2,1H3,(H,21,23)(H,22,24)/b17-15-. The summed E-state index contributed by atoms with van der Waals surface area (Å²) in [6.07, 6.45) is 0. The number of carbonyl (C=O) groups is 2. The van der Waals surface area contributed by atoms with E-state index in [1.807, 2.05) is 13.0 Å². The Bertz CT molecular complexity index is 908. The highest BCUT2D eigenvalue weighted by Crippen LogP contribution is 2.33. The highest BCUT2D eigenvalue weighted by molar-refractivity contribution is 6.37. The van der Waals surface area contributed by atoms with E-state index in [1.165, 1.54) is 0 Å². The number of nitriles is 1. The number of hydrogen-bond donors (Lipinski definition) is 2. The zero-order chi connectivity index (χ0) is 17.8. The van der Waals surface area contributed by atoms with Gasteiger partial charge < -0.3 is 15.4 Å². The first-order chi connectivity index (χ1) is 12.1. The zero-order valence-electron chi connectivity index (χ0n) is 13.5. The number of anilines is 2. The van der Waals surface area contributed by atoms with Crippen LogP contribution in [-0.2, 0) is 9.59 Å². The molecule has 2 aromatic carbocycles. The van der Waals surface area contributed by atoms with Gasteiger partial charge in [0.15, 0.2) is 0 Å². The van der Waals surface area contributed by atoms with Gasteiger partial charge in [-0.05, 0) is 37.3 Å². The van der Waals surface area contributed by atoms with E-state index in [1.54, 1.807) is 48.5 Å². The Morgan fingerprint density at radius 2 is 1.92 bits per heavy atom. The third kappa shape index (κ3) is 3.21. The molecule has 1 heterocycles. The lowest BCUT2D eigenvalue weighted by molar-refractivity contribution is -0.113. The highest BCUT2D eigenvalue weighted by Gasteiger charge is 2.30. The summed E-state index contributed by atoms with van der Waals surface area (Å²) < 4.78 is 5.34.